The lowest BCUT2D eigenvalue weighted by atomic mass is 10.0. The van der Waals surface area contributed by atoms with E-state index in [0.717, 1.165) is 96.3 Å². The number of hydrogen-bond donors (Lipinski definition) is 0. The molecule has 0 aliphatic heterocycles. The van der Waals surface area contributed by atoms with E-state index in [9.17, 15) is 14.4 Å². The van der Waals surface area contributed by atoms with Gasteiger partial charge in [0.1, 0.15) is 13.2 Å². The van der Waals surface area contributed by atoms with Gasteiger partial charge < -0.3 is 14.2 Å². The highest BCUT2D eigenvalue weighted by Crippen LogP contribution is 2.15. The predicted octanol–water partition coefficient (Wildman–Crippen LogP) is 17.7. The Hall–Kier alpha value is -4.19. The molecule has 0 bridgehead atoms. The maximum absolute atomic E-state index is 12.8. The second-order valence-electron chi connectivity index (χ2n) is 17.3. The SMILES string of the molecule is CC\C=C/C=C\C=C/C=C\C=C\C=C/C=C\CCCCCC(=O)OCC(COC(=O)CCCCCCC\C=C/C=C\C=C/CC)OC(=O)CCCCCCCCCCCCCCCCCC. The van der Waals surface area contributed by atoms with E-state index in [1.807, 2.05) is 72.9 Å². The van der Waals surface area contributed by atoms with Gasteiger partial charge in [-0.3, -0.25) is 14.4 Å². The Kier molecular flexibility index (Phi) is 50.0. The Morgan fingerprint density at radius 2 is 0.591 bits per heavy atom. The minimum atomic E-state index is -0.807. The van der Waals surface area contributed by atoms with Crippen LogP contribution in [0.5, 0.6) is 0 Å². The van der Waals surface area contributed by atoms with Crippen LogP contribution in [0.3, 0.4) is 0 Å². The first-order chi connectivity index (χ1) is 32.5. The lowest BCUT2D eigenvalue weighted by Crippen LogP contribution is -2.30. The van der Waals surface area contributed by atoms with Crippen LogP contribution >= 0.6 is 0 Å². The summed E-state index contributed by atoms with van der Waals surface area (Å²) in [4.78, 5) is 38.0. The van der Waals surface area contributed by atoms with Gasteiger partial charge in [0, 0.05) is 19.3 Å². The third kappa shape index (κ3) is 50.8. The molecule has 0 aromatic rings. The van der Waals surface area contributed by atoms with Crippen molar-refractivity contribution >= 4 is 17.9 Å². The molecule has 0 N–H and O–H groups in total. The van der Waals surface area contributed by atoms with E-state index in [4.69, 9.17) is 14.2 Å². The molecule has 0 fully saturated rings. The molecule has 372 valence electrons. The van der Waals surface area contributed by atoms with Crippen molar-refractivity contribution in [1.29, 1.82) is 0 Å². The standard InChI is InChI=1S/C60H96O6/c1-4-7-10-13-16-19-22-25-27-29-30-31-33-35-38-41-44-47-50-53-59(62)65-56-57(55-64-58(61)52-49-46-43-40-37-34-24-21-18-15-12-9-6-3)66-60(63)54-51-48-45-42-39-36-32-28-26-23-20-17-14-11-8-5-2/h7,9-10,12-13,15-16,18-19,21-22,24-25,27,29-31,33,35,38,57H,4-6,8,11,14,17,20,23,26,28,32,34,36-37,39-56H2,1-3H3/b10-7-,12-9-,16-13-,18-15-,22-19-,24-21-,27-25-,30-29+,33-31-,38-35-. The zero-order valence-corrected chi connectivity index (χ0v) is 42.4. The van der Waals surface area contributed by atoms with Crippen LogP contribution in [0, 0.1) is 0 Å². The van der Waals surface area contributed by atoms with Gasteiger partial charge in [0.05, 0.1) is 0 Å². The minimum Gasteiger partial charge on any atom is -0.462 e. The van der Waals surface area contributed by atoms with Crippen LogP contribution in [-0.2, 0) is 28.6 Å². The first kappa shape index (κ1) is 61.8. The molecule has 0 rings (SSSR count). The molecule has 0 saturated carbocycles. The summed E-state index contributed by atoms with van der Waals surface area (Å²) in [6.07, 6.45) is 73.2. The summed E-state index contributed by atoms with van der Waals surface area (Å²) in [5.74, 6) is -0.973. The van der Waals surface area contributed by atoms with Crippen molar-refractivity contribution in [1.82, 2.24) is 0 Å². The van der Waals surface area contributed by atoms with Crippen LogP contribution < -0.4 is 0 Å². The van der Waals surface area contributed by atoms with E-state index in [1.165, 1.54) is 83.5 Å². The average molecular weight is 913 g/mol. The number of carbonyl (C=O) groups excluding carboxylic acids is 3. The van der Waals surface area contributed by atoms with Crippen molar-refractivity contribution in [2.24, 2.45) is 0 Å². The first-order valence-corrected chi connectivity index (χ1v) is 26.7. The van der Waals surface area contributed by atoms with Crippen molar-refractivity contribution in [2.45, 2.75) is 226 Å². The predicted molar refractivity (Wildman–Crippen MR) is 283 cm³/mol. The Morgan fingerprint density at radius 3 is 0.939 bits per heavy atom. The average Bonchev–Trinajstić information content (AvgIpc) is 3.31. The monoisotopic (exact) mass is 913 g/mol. The molecular formula is C60H96O6. The third-order valence-corrected chi connectivity index (χ3v) is 11.0. The summed E-state index contributed by atoms with van der Waals surface area (Å²) in [7, 11) is 0. The summed E-state index contributed by atoms with van der Waals surface area (Å²) in [5, 5.41) is 0. The summed E-state index contributed by atoms with van der Waals surface area (Å²) in [6, 6.07) is 0. The van der Waals surface area contributed by atoms with Gasteiger partial charge >= 0.3 is 17.9 Å². The lowest BCUT2D eigenvalue weighted by molar-refractivity contribution is -0.167. The third-order valence-electron chi connectivity index (χ3n) is 11.0. The molecule has 0 aliphatic rings. The maximum atomic E-state index is 12.8. The number of hydrogen-bond acceptors (Lipinski definition) is 6. The second-order valence-corrected chi connectivity index (χ2v) is 17.3. The number of allylic oxidation sites excluding steroid dienone is 20. The van der Waals surface area contributed by atoms with Gasteiger partial charge in [-0.25, -0.2) is 0 Å². The Morgan fingerprint density at radius 1 is 0.318 bits per heavy atom. The molecule has 0 spiro atoms. The Labute approximate surface area is 405 Å². The summed E-state index contributed by atoms with van der Waals surface area (Å²) < 4.78 is 16.8. The maximum Gasteiger partial charge on any atom is 0.306 e. The molecule has 6 heteroatoms. The molecule has 0 aromatic carbocycles. The van der Waals surface area contributed by atoms with Gasteiger partial charge in [0.25, 0.3) is 0 Å². The zero-order chi connectivity index (χ0) is 47.9. The number of esters is 3. The Balaban J connectivity index is 4.52. The highest BCUT2D eigenvalue weighted by atomic mass is 16.6. The van der Waals surface area contributed by atoms with Gasteiger partial charge in [0.15, 0.2) is 6.10 Å². The summed E-state index contributed by atoms with van der Waals surface area (Å²) >= 11 is 0. The molecule has 0 aliphatic carbocycles. The van der Waals surface area contributed by atoms with Crippen molar-refractivity contribution in [3.8, 4) is 0 Å². The van der Waals surface area contributed by atoms with Crippen LogP contribution in [0.1, 0.15) is 220 Å². The van der Waals surface area contributed by atoms with Gasteiger partial charge in [-0.15, -0.1) is 0 Å². The molecule has 0 amide bonds. The fraction of sp³-hybridized carbons (Fsp3) is 0.617. The van der Waals surface area contributed by atoms with Crippen LogP contribution in [0.15, 0.2) is 122 Å². The normalized spacial score (nSPS) is 13.1. The van der Waals surface area contributed by atoms with E-state index in [0.29, 0.717) is 19.3 Å². The highest BCUT2D eigenvalue weighted by Gasteiger charge is 2.19. The quantitative estimate of drug-likeness (QED) is 0.0262. The van der Waals surface area contributed by atoms with E-state index in [1.54, 1.807) is 0 Å². The number of carbonyl (C=O) groups is 3. The van der Waals surface area contributed by atoms with Gasteiger partial charge in [-0.1, -0.05) is 264 Å². The van der Waals surface area contributed by atoms with Crippen molar-refractivity contribution in [3.63, 3.8) is 0 Å². The van der Waals surface area contributed by atoms with Crippen LogP contribution in [0.25, 0.3) is 0 Å². The molecule has 1 unspecified atom stereocenters. The number of rotatable bonds is 46. The fourth-order valence-corrected chi connectivity index (χ4v) is 7.01. The summed E-state index contributed by atoms with van der Waals surface area (Å²) in [5.41, 5.74) is 0. The zero-order valence-electron chi connectivity index (χ0n) is 42.4. The molecule has 66 heavy (non-hydrogen) atoms. The fourth-order valence-electron chi connectivity index (χ4n) is 7.01. The topological polar surface area (TPSA) is 78.9 Å². The van der Waals surface area contributed by atoms with Crippen molar-refractivity contribution in [3.05, 3.63) is 122 Å². The smallest absolute Gasteiger partial charge is 0.306 e. The first-order valence-electron chi connectivity index (χ1n) is 26.7. The summed E-state index contributed by atoms with van der Waals surface area (Å²) in [6.45, 7) is 6.30. The minimum absolute atomic E-state index is 0.105. The highest BCUT2D eigenvalue weighted by molar-refractivity contribution is 5.71. The van der Waals surface area contributed by atoms with E-state index >= 15 is 0 Å². The second kappa shape index (κ2) is 53.4. The van der Waals surface area contributed by atoms with Crippen LogP contribution in [-0.4, -0.2) is 37.2 Å². The lowest BCUT2D eigenvalue weighted by Gasteiger charge is -2.18. The van der Waals surface area contributed by atoms with E-state index in [-0.39, 0.29) is 31.1 Å². The molecule has 0 saturated heterocycles. The van der Waals surface area contributed by atoms with Gasteiger partial charge in [-0.05, 0) is 57.8 Å². The van der Waals surface area contributed by atoms with Crippen molar-refractivity contribution in [2.75, 3.05) is 13.2 Å². The van der Waals surface area contributed by atoms with Gasteiger partial charge in [-0.2, -0.15) is 0 Å². The molecule has 1 atom stereocenters. The van der Waals surface area contributed by atoms with E-state index in [2.05, 4.69) is 69.4 Å². The molecule has 6 nitrogen and oxygen atoms in total. The van der Waals surface area contributed by atoms with Gasteiger partial charge in [0.2, 0.25) is 0 Å². The number of unbranched alkanes of at least 4 members (excludes halogenated alkanes) is 23. The molecule has 0 heterocycles. The molecule has 0 radical (unpaired) electrons. The largest absolute Gasteiger partial charge is 0.462 e. The Bertz CT molecular complexity index is 1420. The molecular weight excluding hydrogens is 817 g/mol. The van der Waals surface area contributed by atoms with Crippen molar-refractivity contribution < 1.29 is 28.6 Å². The number of ether oxygens (including phenoxy) is 3. The van der Waals surface area contributed by atoms with E-state index < -0.39 is 6.10 Å². The van der Waals surface area contributed by atoms with Crippen LogP contribution in [0.2, 0.25) is 0 Å². The van der Waals surface area contributed by atoms with Crippen LogP contribution in [0.4, 0.5) is 0 Å². The molecule has 0 aromatic heterocycles.